The highest BCUT2D eigenvalue weighted by Crippen LogP contribution is 2.21. The van der Waals surface area contributed by atoms with Crippen molar-refractivity contribution in [3.63, 3.8) is 0 Å². The highest BCUT2D eigenvalue weighted by atomic mass is 32.2. The first-order chi connectivity index (χ1) is 7.44. The van der Waals surface area contributed by atoms with E-state index in [1.807, 2.05) is 0 Å². The monoisotopic (exact) mass is 247 g/mol. The fraction of sp³-hybridized carbons (Fsp3) is 0.750. The number of β-amino-alcohol motifs (C(OH)–C–C–N with tert-alkyl or cyclic N) is 1. The maximum atomic E-state index is 11.0. The van der Waals surface area contributed by atoms with Crippen molar-refractivity contribution in [3.05, 3.63) is 11.7 Å². The molecule has 90 valence electrons. The van der Waals surface area contributed by atoms with Crippen LogP contribution in [-0.4, -0.2) is 42.6 Å². The highest BCUT2D eigenvalue weighted by molar-refractivity contribution is 7.89. The minimum atomic E-state index is -3.15. The van der Waals surface area contributed by atoms with Gasteiger partial charge in [0.15, 0.2) is 15.7 Å². The van der Waals surface area contributed by atoms with Crippen LogP contribution >= 0.6 is 0 Å². The molecule has 0 spiro atoms. The van der Waals surface area contributed by atoms with Gasteiger partial charge in [-0.25, -0.2) is 8.42 Å². The van der Waals surface area contributed by atoms with Crippen LogP contribution in [0.25, 0.3) is 0 Å². The van der Waals surface area contributed by atoms with Crippen LogP contribution in [0.1, 0.15) is 24.2 Å². The summed E-state index contributed by atoms with van der Waals surface area (Å²) in [7, 11) is -3.15. The molecule has 2 N–H and O–H groups in total. The lowest BCUT2D eigenvalue weighted by molar-refractivity contribution is 0.191. The number of nitrogens with zero attached hydrogens (tertiary/aromatic N) is 2. The van der Waals surface area contributed by atoms with Gasteiger partial charge in [0.2, 0.25) is 5.89 Å². The fourth-order valence-electron chi connectivity index (χ4n) is 1.61. The number of rotatable bonds is 3. The first kappa shape index (κ1) is 11.5. The van der Waals surface area contributed by atoms with Gasteiger partial charge in [-0.3, -0.25) is 0 Å². The lowest BCUT2D eigenvalue weighted by atomic mass is 10.2. The number of sulfone groups is 1. The largest absolute Gasteiger partial charge is 0.392 e. The van der Waals surface area contributed by atoms with E-state index in [4.69, 9.17) is 4.52 Å². The molecule has 1 aliphatic rings. The number of aliphatic hydroxyl groups is 1. The molecule has 2 heterocycles. The maximum absolute atomic E-state index is 11.0. The predicted octanol–water partition coefficient (Wildman–Crippen LogP) is -0.990. The van der Waals surface area contributed by atoms with Crippen LogP contribution in [0.15, 0.2) is 4.52 Å². The van der Waals surface area contributed by atoms with E-state index in [9.17, 15) is 13.5 Å². The van der Waals surface area contributed by atoms with Crippen molar-refractivity contribution in [1.29, 1.82) is 0 Å². The standard InChI is InChI=1S/C8H13N3O4S/c1-16(13,14)4-7-10-8(15-11-7)6-2-5(12)3-9-6/h5-6,9,12H,2-4H2,1H3/t5-,6-/m1/s1. The van der Waals surface area contributed by atoms with Crippen LogP contribution in [0.5, 0.6) is 0 Å². The zero-order valence-corrected chi connectivity index (χ0v) is 9.57. The van der Waals surface area contributed by atoms with Crippen molar-refractivity contribution in [2.75, 3.05) is 12.8 Å². The second kappa shape index (κ2) is 4.11. The summed E-state index contributed by atoms with van der Waals surface area (Å²) in [5, 5.41) is 15.9. The third-order valence-electron chi connectivity index (χ3n) is 2.28. The molecule has 2 rings (SSSR count). The van der Waals surface area contributed by atoms with E-state index in [2.05, 4.69) is 15.5 Å². The van der Waals surface area contributed by atoms with Crippen molar-refractivity contribution in [3.8, 4) is 0 Å². The van der Waals surface area contributed by atoms with Gasteiger partial charge in [0.25, 0.3) is 0 Å². The molecule has 1 aliphatic heterocycles. The van der Waals surface area contributed by atoms with Gasteiger partial charge < -0.3 is 14.9 Å². The van der Waals surface area contributed by atoms with Gasteiger partial charge in [-0.1, -0.05) is 5.16 Å². The average molecular weight is 247 g/mol. The van der Waals surface area contributed by atoms with Gasteiger partial charge in [-0.15, -0.1) is 0 Å². The molecule has 1 fully saturated rings. The van der Waals surface area contributed by atoms with E-state index in [0.29, 0.717) is 18.9 Å². The molecule has 2 atom stereocenters. The molecule has 0 bridgehead atoms. The number of aliphatic hydroxyl groups excluding tert-OH is 1. The summed E-state index contributed by atoms with van der Waals surface area (Å²) in [6.45, 7) is 0.481. The van der Waals surface area contributed by atoms with Crippen molar-refractivity contribution in [1.82, 2.24) is 15.5 Å². The average Bonchev–Trinajstić information content (AvgIpc) is 2.71. The molecule has 16 heavy (non-hydrogen) atoms. The van der Waals surface area contributed by atoms with E-state index in [1.165, 1.54) is 0 Å². The second-order valence-electron chi connectivity index (χ2n) is 3.97. The quantitative estimate of drug-likeness (QED) is 0.706. The topological polar surface area (TPSA) is 105 Å². The molecule has 8 heteroatoms. The molecule has 0 unspecified atom stereocenters. The lowest BCUT2D eigenvalue weighted by Crippen LogP contribution is -2.15. The summed E-state index contributed by atoms with van der Waals surface area (Å²) in [6, 6.07) is -0.184. The van der Waals surface area contributed by atoms with Crippen LogP contribution < -0.4 is 5.32 Å². The minimum absolute atomic E-state index is 0.153. The molecule has 0 aliphatic carbocycles. The van der Waals surface area contributed by atoms with E-state index >= 15 is 0 Å². The number of aromatic nitrogens is 2. The van der Waals surface area contributed by atoms with Crippen molar-refractivity contribution in [2.45, 2.75) is 24.3 Å². The Morgan fingerprint density at radius 2 is 2.38 bits per heavy atom. The molecule has 1 aromatic rings. The summed E-state index contributed by atoms with van der Waals surface area (Å²) < 4.78 is 27.0. The van der Waals surface area contributed by atoms with Crippen LogP contribution in [-0.2, 0) is 15.6 Å². The Morgan fingerprint density at radius 1 is 1.62 bits per heavy atom. The van der Waals surface area contributed by atoms with E-state index < -0.39 is 15.9 Å². The number of nitrogens with one attached hydrogen (secondary N) is 1. The van der Waals surface area contributed by atoms with Crippen LogP contribution in [0, 0.1) is 0 Å². The maximum Gasteiger partial charge on any atom is 0.243 e. The first-order valence-corrected chi connectivity index (χ1v) is 6.92. The van der Waals surface area contributed by atoms with E-state index in [1.54, 1.807) is 0 Å². The zero-order chi connectivity index (χ0) is 11.8. The SMILES string of the molecule is CS(=O)(=O)Cc1noc([C@H]2C[C@@H](O)CN2)n1. The second-order valence-corrected chi connectivity index (χ2v) is 6.11. The number of hydrogen-bond donors (Lipinski definition) is 2. The molecular weight excluding hydrogens is 234 g/mol. The predicted molar refractivity (Wildman–Crippen MR) is 54.2 cm³/mol. The van der Waals surface area contributed by atoms with E-state index in [-0.39, 0.29) is 17.6 Å². The van der Waals surface area contributed by atoms with Gasteiger partial charge in [0.1, 0.15) is 5.75 Å². The van der Waals surface area contributed by atoms with Crippen LogP contribution in [0.2, 0.25) is 0 Å². The third kappa shape index (κ3) is 2.77. The summed E-state index contributed by atoms with van der Waals surface area (Å²) in [4.78, 5) is 3.98. The Balaban J connectivity index is 2.08. The summed E-state index contributed by atoms with van der Waals surface area (Å²) >= 11 is 0. The summed E-state index contributed by atoms with van der Waals surface area (Å²) in [6.07, 6.45) is 1.19. The fourth-order valence-corrected chi connectivity index (χ4v) is 2.19. The highest BCUT2D eigenvalue weighted by Gasteiger charge is 2.28. The smallest absolute Gasteiger partial charge is 0.243 e. The molecule has 1 aromatic heterocycles. The molecule has 0 saturated carbocycles. The Morgan fingerprint density at radius 3 is 2.94 bits per heavy atom. The van der Waals surface area contributed by atoms with Crippen molar-refractivity contribution < 1.29 is 18.0 Å². The van der Waals surface area contributed by atoms with Crippen LogP contribution in [0.4, 0.5) is 0 Å². The van der Waals surface area contributed by atoms with Gasteiger partial charge in [0.05, 0.1) is 12.1 Å². The Hall–Kier alpha value is -0.990. The van der Waals surface area contributed by atoms with Gasteiger partial charge >= 0.3 is 0 Å². The lowest BCUT2D eigenvalue weighted by Gasteiger charge is -2.01. The van der Waals surface area contributed by atoms with Gasteiger partial charge in [0, 0.05) is 12.8 Å². The zero-order valence-electron chi connectivity index (χ0n) is 8.75. The molecule has 7 nitrogen and oxygen atoms in total. The van der Waals surface area contributed by atoms with Gasteiger partial charge in [-0.05, 0) is 6.42 Å². The minimum Gasteiger partial charge on any atom is -0.392 e. The summed E-state index contributed by atoms with van der Waals surface area (Å²) in [5.74, 6) is 0.252. The molecular formula is C8H13N3O4S. The Kier molecular flexibility index (Phi) is 2.96. The van der Waals surface area contributed by atoms with Gasteiger partial charge in [-0.2, -0.15) is 4.98 Å². The Bertz CT molecular complexity index is 469. The van der Waals surface area contributed by atoms with Crippen molar-refractivity contribution >= 4 is 9.84 Å². The normalized spacial score (nSPS) is 26.1. The van der Waals surface area contributed by atoms with E-state index in [0.717, 1.165) is 6.26 Å². The van der Waals surface area contributed by atoms with Crippen molar-refractivity contribution in [2.24, 2.45) is 0 Å². The third-order valence-corrected chi connectivity index (χ3v) is 3.06. The molecule has 0 radical (unpaired) electrons. The van der Waals surface area contributed by atoms with Crippen LogP contribution in [0.3, 0.4) is 0 Å². The number of hydrogen-bond acceptors (Lipinski definition) is 7. The molecule has 0 amide bonds. The first-order valence-electron chi connectivity index (χ1n) is 4.86. The summed E-state index contributed by atoms with van der Waals surface area (Å²) in [5.41, 5.74) is 0. The molecule has 0 aromatic carbocycles. The molecule has 1 saturated heterocycles. The Labute approximate surface area is 92.8 Å².